The van der Waals surface area contributed by atoms with E-state index in [2.05, 4.69) is 4.72 Å². The lowest BCUT2D eigenvalue weighted by Crippen LogP contribution is -2.27. The molecule has 0 radical (unpaired) electrons. The molecule has 0 aliphatic rings. The minimum atomic E-state index is -3.55. The van der Waals surface area contributed by atoms with Crippen LogP contribution in [0.15, 0.2) is 23.1 Å². The number of aliphatic hydroxyl groups is 1. The summed E-state index contributed by atoms with van der Waals surface area (Å²) in [7, 11) is -3.55. The molecule has 108 valence electrons. The van der Waals surface area contributed by atoms with E-state index in [9.17, 15) is 8.42 Å². The van der Waals surface area contributed by atoms with Crippen LogP contribution in [-0.2, 0) is 10.0 Å². The Hall–Kier alpha value is -0.760. The topological polar surface area (TPSA) is 92.4 Å². The van der Waals surface area contributed by atoms with Crippen LogP contribution in [0.4, 0.5) is 5.69 Å². The molecule has 0 fully saturated rings. The lowest BCUT2D eigenvalue weighted by molar-refractivity contribution is 0.296. The molecular formula is C12H20N2O3S2. The van der Waals surface area contributed by atoms with Gasteiger partial charge in [-0.05, 0) is 30.7 Å². The lowest BCUT2D eigenvalue weighted by Gasteiger charge is -2.11. The highest BCUT2D eigenvalue weighted by Crippen LogP contribution is 2.21. The zero-order valence-electron chi connectivity index (χ0n) is 10.9. The molecule has 7 heteroatoms. The van der Waals surface area contributed by atoms with Crippen molar-refractivity contribution < 1.29 is 13.5 Å². The van der Waals surface area contributed by atoms with Crippen molar-refractivity contribution in [3.8, 4) is 0 Å². The average molecular weight is 304 g/mol. The molecule has 5 nitrogen and oxygen atoms in total. The number of nitrogen functional groups attached to an aromatic ring is 1. The van der Waals surface area contributed by atoms with Crippen LogP contribution in [0.1, 0.15) is 12.0 Å². The normalized spacial score (nSPS) is 11.7. The number of hydrogen-bond donors (Lipinski definition) is 3. The van der Waals surface area contributed by atoms with E-state index in [1.54, 1.807) is 36.9 Å². The van der Waals surface area contributed by atoms with Crippen LogP contribution >= 0.6 is 11.8 Å². The molecule has 0 bridgehead atoms. The number of nitrogens with two attached hydrogens (primary N) is 1. The molecule has 0 aliphatic heterocycles. The summed E-state index contributed by atoms with van der Waals surface area (Å²) in [4.78, 5) is 0.162. The van der Waals surface area contributed by atoms with Gasteiger partial charge in [0.05, 0.1) is 5.69 Å². The molecule has 1 rings (SSSR count). The molecule has 0 atom stereocenters. The first-order valence-corrected chi connectivity index (χ1v) is 8.66. The van der Waals surface area contributed by atoms with E-state index in [4.69, 9.17) is 10.8 Å². The van der Waals surface area contributed by atoms with Crippen LogP contribution in [0.5, 0.6) is 0 Å². The number of rotatable bonds is 8. The van der Waals surface area contributed by atoms with Crippen LogP contribution in [0, 0.1) is 6.92 Å². The van der Waals surface area contributed by atoms with Gasteiger partial charge in [0.2, 0.25) is 10.0 Å². The summed E-state index contributed by atoms with van der Waals surface area (Å²) in [5.41, 5.74) is 6.63. The van der Waals surface area contributed by atoms with Gasteiger partial charge < -0.3 is 10.8 Å². The van der Waals surface area contributed by atoms with E-state index in [0.717, 1.165) is 12.2 Å². The van der Waals surface area contributed by atoms with Gasteiger partial charge in [-0.1, -0.05) is 12.1 Å². The second-order valence-electron chi connectivity index (χ2n) is 4.08. The van der Waals surface area contributed by atoms with E-state index in [-0.39, 0.29) is 17.2 Å². The SMILES string of the molecule is Cc1cccc(N)c1S(=O)(=O)NCCSCCCO. The van der Waals surface area contributed by atoms with E-state index in [1.807, 2.05) is 0 Å². The van der Waals surface area contributed by atoms with Gasteiger partial charge >= 0.3 is 0 Å². The van der Waals surface area contributed by atoms with Gasteiger partial charge in [0.15, 0.2) is 0 Å². The fourth-order valence-electron chi connectivity index (χ4n) is 1.63. The Kier molecular flexibility index (Phi) is 6.64. The van der Waals surface area contributed by atoms with Crippen LogP contribution < -0.4 is 10.5 Å². The van der Waals surface area contributed by atoms with Crippen molar-refractivity contribution in [3.05, 3.63) is 23.8 Å². The van der Waals surface area contributed by atoms with Crippen LogP contribution in [0.3, 0.4) is 0 Å². The summed E-state index contributed by atoms with van der Waals surface area (Å²) in [5.74, 6) is 1.50. The number of benzene rings is 1. The Labute approximate surface area is 118 Å². The molecule has 0 amide bonds. The molecule has 0 unspecified atom stereocenters. The highest BCUT2D eigenvalue weighted by atomic mass is 32.2. The van der Waals surface area contributed by atoms with E-state index >= 15 is 0 Å². The predicted octanol–water partition coefficient (Wildman–Crippen LogP) is 0.971. The third kappa shape index (κ3) is 5.02. The van der Waals surface area contributed by atoms with Gasteiger partial charge in [-0.25, -0.2) is 13.1 Å². The Morgan fingerprint density at radius 2 is 2.11 bits per heavy atom. The number of anilines is 1. The number of nitrogens with one attached hydrogen (secondary N) is 1. The first-order chi connectivity index (χ1) is 8.99. The smallest absolute Gasteiger partial charge is 0.242 e. The maximum absolute atomic E-state index is 12.1. The number of hydrogen-bond acceptors (Lipinski definition) is 5. The summed E-state index contributed by atoms with van der Waals surface area (Å²) in [6, 6.07) is 5.03. The van der Waals surface area contributed by atoms with Crippen molar-refractivity contribution in [2.24, 2.45) is 0 Å². The highest BCUT2D eigenvalue weighted by molar-refractivity contribution is 7.99. The zero-order chi connectivity index (χ0) is 14.3. The van der Waals surface area contributed by atoms with Crippen LogP contribution in [0.25, 0.3) is 0 Å². The zero-order valence-corrected chi connectivity index (χ0v) is 12.6. The van der Waals surface area contributed by atoms with Crippen molar-refractivity contribution in [1.82, 2.24) is 4.72 Å². The Morgan fingerprint density at radius 1 is 1.37 bits per heavy atom. The Balaban J connectivity index is 2.57. The van der Waals surface area contributed by atoms with Gasteiger partial charge in [-0.15, -0.1) is 0 Å². The molecule has 0 aromatic heterocycles. The lowest BCUT2D eigenvalue weighted by atomic mass is 10.2. The number of aryl methyl sites for hydroxylation is 1. The first-order valence-electron chi connectivity index (χ1n) is 6.02. The predicted molar refractivity (Wildman–Crippen MR) is 79.8 cm³/mol. The minimum Gasteiger partial charge on any atom is -0.398 e. The maximum atomic E-state index is 12.1. The highest BCUT2D eigenvalue weighted by Gasteiger charge is 2.18. The van der Waals surface area contributed by atoms with Gasteiger partial charge in [0.25, 0.3) is 0 Å². The van der Waals surface area contributed by atoms with E-state index in [0.29, 0.717) is 17.9 Å². The molecule has 0 spiro atoms. The van der Waals surface area contributed by atoms with E-state index < -0.39 is 10.0 Å². The Morgan fingerprint density at radius 3 is 2.74 bits per heavy atom. The van der Waals surface area contributed by atoms with Gasteiger partial charge in [-0.3, -0.25) is 0 Å². The van der Waals surface area contributed by atoms with E-state index in [1.165, 1.54) is 0 Å². The third-order valence-corrected chi connectivity index (χ3v) is 5.25. The molecule has 4 N–H and O–H groups in total. The van der Waals surface area contributed by atoms with Gasteiger partial charge in [0.1, 0.15) is 4.90 Å². The van der Waals surface area contributed by atoms with Gasteiger partial charge in [0, 0.05) is 18.9 Å². The Bertz CT molecular complexity index is 483. The molecule has 0 aliphatic carbocycles. The monoisotopic (exact) mass is 304 g/mol. The quantitative estimate of drug-likeness (QED) is 0.491. The first kappa shape index (κ1) is 16.3. The van der Waals surface area contributed by atoms with Crippen molar-refractivity contribution in [2.75, 3.05) is 30.4 Å². The van der Waals surface area contributed by atoms with Crippen molar-refractivity contribution >= 4 is 27.5 Å². The fraction of sp³-hybridized carbons (Fsp3) is 0.500. The molecule has 1 aromatic carbocycles. The van der Waals surface area contributed by atoms with Crippen molar-refractivity contribution in [3.63, 3.8) is 0 Å². The molecule has 0 saturated carbocycles. The average Bonchev–Trinajstić information content (AvgIpc) is 2.33. The summed E-state index contributed by atoms with van der Waals surface area (Å²) in [5, 5.41) is 8.62. The minimum absolute atomic E-state index is 0.162. The summed E-state index contributed by atoms with van der Waals surface area (Å²) >= 11 is 1.60. The van der Waals surface area contributed by atoms with Crippen LogP contribution in [0.2, 0.25) is 0 Å². The second-order valence-corrected chi connectivity index (χ2v) is 7.01. The van der Waals surface area contributed by atoms with Crippen molar-refractivity contribution in [2.45, 2.75) is 18.2 Å². The number of thioether (sulfide) groups is 1. The summed E-state index contributed by atoms with van der Waals surface area (Å²) < 4.78 is 26.8. The fourth-order valence-corrected chi connectivity index (χ4v) is 3.93. The second kappa shape index (κ2) is 7.74. The summed E-state index contributed by atoms with van der Waals surface area (Å²) in [6.45, 7) is 2.24. The molecule has 0 saturated heterocycles. The third-order valence-electron chi connectivity index (χ3n) is 2.50. The van der Waals surface area contributed by atoms with Crippen molar-refractivity contribution in [1.29, 1.82) is 0 Å². The molecule has 1 aromatic rings. The molecule has 19 heavy (non-hydrogen) atoms. The maximum Gasteiger partial charge on any atom is 0.242 e. The summed E-state index contributed by atoms with van der Waals surface area (Å²) in [6.07, 6.45) is 0.724. The molecular weight excluding hydrogens is 284 g/mol. The number of aliphatic hydroxyl groups excluding tert-OH is 1. The molecule has 0 heterocycles. The van der Waals surface area contributed by atoms with Crippen LogP contribution in [-0.4, -0.2) is 38.2 Å². The number of sulfonamides is 1. The van der Waals surface area contributed by atoms with Gasteiger partial charge in [-0.2, -0.15) is 11.8 Å². The standard InChI is InChI=1S/C12H20N2O3S2/c1-10-4-2-5-11(13)12(10)19(16,17)14-6-9-18-8-3-7-15/h2,4-5,14-15H,3,6-9,13H2,1H3. The largest absolute Gasteiger partial charge is 0.398 e.